The minimum absolute atomic E-state index is 0.128. The van der Waals surface area contributed by atoms with Crippen molar-refractivity contribution in [2.45, 2.75) is 24.3 Å². The lowest BCUT2D eigenvalue weighted by Gasteiger charge is -2.32. The van der Waals surface area contributed by atoms with Gasteiger partial charge < -0.3 is 10.0 Å². The maximum Gasteiger partial charge on any atom is 0.241 e. The topological polar surface area (TPSA) is 43.8 Å². The fourth-order valence-corrected chi connectivity index (χ4v) is 4.26. The van der Waals surface area contributed by atoms with Crippen molar-refractivity contribution in [3.8, 4) is 0 Å². The number of hydrogen-bond donors (Lipinski definition) is 1. The van der Waals surface area contributed by atoms with Crippen LogP contribution in [0.4, 0.5) is 5.69 Å². The molecular weight excluding hydrogens is 284 g/mol. The summed E-state index contributed by atoms with van der Waals surface area (Å²) in [5.74, 6) is 1.56. The van der Waals surface area contributed by atoms with Crippen LogP contribution >= 0.6 is 11.8 Å². The van der Waals surface area contributed by atoms with Gasteiger partial charge in [0.15, 0.2) is 0 Å². The van der Waals surface area contributed by atoms with Crippen molar-refractivity contribution in [3.63, 3.8) is 0 Å². The molecule has 1 saturated heterocycles. The second-order valence-electron chi connectivity index (χ2n) is 5.85. The first-order valence-electron chi connectivity index (χ1n) is 7.58. The Labute approximate surface area is 130 Å². The number of para-hydroxylation sites is 1. The lowest BCUT2D eigenvalue weighted by molar-refractivity contribution is -0.120. The molecule has 114 valence electrons. The quantitative estimate of drug-likeness (QED) is 0.925. The summed E-state index contributed by atoms with van der Waals surface area (Å²) >= 11 is 1.81. The van der Waals surface area contributed by atoms with Crippen LogP contribution in [0.25, 0.3) is 0 Å². The van der Waals surface area contributed by atoms with Crippen LogP contribution in [0.3, 0.4) is 0 Å². The standard InChI is InChI=1S/C16H22N2O2S/c1-12-6-7-17(14(12)11-19)10-16(20)18-8-9-21-15-5-3-2-4-13(15)18/h2-5,12,14,19H,6-11H2,1H3. The molecule has 2 aliphatic heterocycles. The molecule has 1 N–H and O–H groups in total. The van der Waals surface area contributed by atoms with E-state index in [1.165, 1.54) is 4.90 Å². The Kier molecular flexibility index (Phi) is 4.52. The summed E-state index contributed by atoms with van der Waals surface area (Å²) in [7, 11) is 0. The molecule has 1 amide bonds. The Bertz CT molecular complexity index is 523. The molecular formula is C16H22N2O2S. The first-order valence-corrected chi connectivity index (χ1v) is 8.56. The van der Waals surface area contributed by atoms with Gasteiger partial charge in [-0.3, -0.25) is 9.69 Å². The third-order valence-electron chi connectivity index (χ3n) is 4.55. The second kappa shape index (κ2) is 6.38. The van der Waals surface area contributed by atoms with Gasteiger partial charge in [-0.15, -0.1) is 11.8 Å². The molecule has 5 heteroatoms. The second-order valence-corrected chi connectivity index (χ2v) is 6.98. The Hall–Kier alpha value is -1.04. The minimum Gasteiger partial charge on any atom is -0.395 e. The van der Waals surface area contributed by atoms with Gasteiger partial charge in [-0.05, 0) is 31.0 Å². The number of likely N-dealkylation sites (tertiary alicyclic amines) is 1. The number of fused-ring (bicyclic) bond motifs is 1. The maximum atomic E-state index is 12.7. The third-order valence-corrected chi connectivity index (χ3v) is 5.60. The van der Waals surface area contributed by atoms with Gasteiger partial charge in [0.25, 0.3) is 0 Å². The van der Waals surface area contributed by atoms with Crippen LogP contribution < -0.4 is 4.90 Å². The van der Waals surface area contributed by atoms with Gasteiger partial charge in [0, 0.05) is 23.2 Å². The number of aliphatic hydroxyl groups excluding tert-OH is 1. The van der Waals surface area contributed by atoms with Crippen molar-refractivity contribution in [3.05, 3.63) is 24.3 Å². The highest BCUT2D eigenvalue weighted by molar-refractivity contribution is 7.99. The van der Waals surface area contributed by atoms with E-state index in [-0.39, 0.29) is 18.6 Å². The van der Waals surface area contributed by atoms with Gasteiger partial charge in [0.1, 0.15) is 0 Å². The summed E-state index contributed by atoms with van der Waals surface area (Å²) in [4.78, 5) is 17.9. The summed E-state index contributed by atoms with van der Waals surface area (Å²) in [6, 6.07) is 8.23. The normalized spacial score (nSPS) is 25.9. The molecule has 2 atom stereocenters. The predicted molar refractivity (Wildman–Crippen MR) is 85.7 cm³/mol. The molecule has 21 heavy (non-hydrogen) atoms. The van der Waals surface area contributed by atoms with E-state index in [2.05, 4.69) is 17.9 Å². The number of thioether (sulfide) groups is 1. The van der Waals surface area contributed by atoms with Crippen molar-refractivity contribution in [2.75, 3.05) is 36.9 Å². The molecule has 0 aliphatic carbocycles. The fourth-order valence-electron chi connectivity index (χ4n) is 3.27. The smallest absolute Gasteiger partial charge is 0.241 e. The molecule has 0 saturated carbocycles. The molecule has 0 radical (unpaired) electrons. The summed E-state index contributed by atoms with van der Waals surface area (Å²) in [5, 5.41) is 9.52. The van der Waals surface area contributed by atoms with Crippen molar-refractivity contribution in [1.29, 1.82) is 0 Å². The highest BCUT2D eigenvalue weighted by Gasteiger charge is 2.33. The van der Waals surface area contributed by atoms with Gasteiger partial charge in [0.2, 0.25) is 5.91 Å². The van der Waals surface area contributed by atoms with Crippen LogP contribution in [-0.2, 0) is 4.79 Å². The highest BCUT2D eigenvalue weighted by Crippen LogP contribution is 2.34. The fraction of sp³-hybridized carbons (Fsp3) is 0.562. The third kappa shape index (κ3) is 2.96. The molecule has 4 nitrogen and oxygen atoms in total. The molecule has 2 unspecified atom stereocenters. The van der Waals surface area contributed by atoms with Crippen molar-refractivity contribution < 1.29 is 9.90 Å². The number of rotatable bonds is 3. The SMILES string of the molecule is CC1CCN(CC(=O)N2CCSc3ccccc32)C1CO. The van der Waals surface area contributed by atoms with Gasteiger partial charge in [-0.25, -0.2) is 0 Å². The zero-order valence-corrected chi connectivity index (χ0v) is 13.2. The van der Waals surface area contributed by atoms with Gasteiger partial charge in [-0.1, -0.05) is 19.1 Å². The predicted octanol–water partition coefficient (Wildman–Crippen LogP) is 1.83. The Balaban J connectivity index is 1.72. The Morgan fingerprint density at radius 2 is 2.19 bits per heavy atom. The van der Waals surface area contributed by atoms with Crippen LogP contribution in [0.5, 0.6) is 0 Å². The average molecular weight is 306 g/mol. The highest BCUT2D eigenvalue weighted by atomic mass is 32.2. The van der Waals surface area contributed by atoms with Crippen LogP contribution in [0.2, 0.25) is 0 Å². The summed E-state index contributed by atoms with van der Waals surface area (Å²) < 4.78 is 0. The van der Waals surface area contributed by atoms with Crippen molar-refractivity contribution >= 4 is 23.4 Å². The van der Waals surface area contributed by atoms with E-state index in [9.17, 15) is 9.90 Å². The lowest BCUT2D eigenvalue weighted by atomic mass is 10.0. The number of nitrogens with zero attached hydrogens (tertiary/aromatic N) is 2. The number of carbonyl (C=O) groups excluding carboxylic acids is 1. The van der Waals surface area contributed by atoms with Crippen molar-refractivity contribution in [2.24, 2.45) is 5.92 Å². The number of anilines is 1. The Morgan fingerprint density at radius 3 is 3.00 bits per heavy atom. The maximum absolute atomic E-state index is 12.7. The van der Waals surface area contributed by atoms with E-state index in [1.807, 2.05) is 34.9 Å². The first kappa shape index (κ1) is 14.9. The van der Waals surface area contributed by atoms with Crippen LogP contribution in [0.1, 0.15) is 13.3 Å². The van der Waals surface area contributed by atoms with Crippen LogP contribution in [0.15, 0.2) is 29.2 Å². The van der Waals surface area contributed by atoms with E-state index in [0.717, 1.165) is 31.0 Å². The Morgan fingerprint density at radius 1 is 1.38 bits per heavy atom. The zero-order chi connectivity index (χ0) is 14.8. The lowest BCUT2D eigenvalue weighted by Crippen LogP contribution is -2.45. The number of hydrogen-bond acceptors (Lipinski definition) is 4. The molecule has 2 heterocycles. The summed E-state index contributed by atoms with van der Waals surface area (Å²) in [5.41, 5.74) is 1.03. The molecule has 0 spiro atoms. The molecule has 0 bridgehead atoms. The van der Waals surface area contributed by atoms with Gasteiger partial charge in [-0.2, -0.15) is 0 Å². The average Bonchev–Trinajstić information content (AvgIpc) is 2.86. The summed E-state index contributed by atoms with van der Waals surface area (Å²) in [6.07, 6.45) is 1.06. The van der Waals surface area contributed by atoms with E-state index < -0.39 is 0 Å². The largest absolute Gasteiger partial charge is 0.395 e. The zero-order valence-electron chi connectivity index (χ0n) is 12.4. The van der Waals surface area contributed by atoms with E-state index >= 15 is 0 Å². The summed E-state index contributed by atoms with van der Waals surface area (Å²) in [6.45, 7) is 4.38. The van der Waals surface area contributed by atoms with E-state index in [0.29, 0.717) is 12.5 Å². The van der Waals surface area contributed by atoms with Crippen LogP contribution in [0, 0.1) is 5.92 Å². The van der Waals surface area contributed by atoms with E-state index in [4.69, 9.17) is 0 Å². The van der Waals surface area contributed by atoms with Gasteiger partial charge in [0.05, 0.1) is 18.8 Å². The first-order chi connectivity index (χ1) is 10.2. The number of carbonyl (C=O) groups is 1. The molecule has 1 fully saturated rings. The van der Waals surface area contributed by atoms with Crippen LogP contribution in [-0.4, -0.2) is 53.9 Å². The molecule has 2 aliphatic rings. The monoisotopic (exact) mass is 306 g/mol. The van der Waals surface area contributed by atoms with E-state index in [1.54, 1.807) is 0 Å². The number of aliphatic hydroxyl groups is 1. The molecule has 1 aromatic rings. The number of amides is 1. The molecule has 0 aromatic heterocycles. The van der Waals surface area contributed by atoms with Gasteiger partial charge >= 0.3 is 0 Å². The van der Waals surface area contributed by atoms with Crippen molar-refractivity contribution in [1.82, 2.24) is 4.90 Å². The number of benzene rings is 1. The molecule has 1 aromatic carbocycles. The molecule has 3 rings (SSSR count). The minimum atomic E-state index is 0.128.